The quantitative estimate of drug-likeness (QED) is 0.393. The highest BCUT2D eigenvalue weighted by molar-refractivity contribution is 4.86. The van der Waals surface area contributed by atoms with Gasteiger partial charge >= 0.3 is 0 Å². The lowest BCUT2D eigenvalue weighted by Crippen LogP contribution is -1.72. The maximum Gasteiger partial charge on any atom is 0.0143 e. The molecule has 36 valence electrons. The second-order valence-corrected chi connectivity index (χ2v) is 1.32. The van der Waals surface area contributed by atoms with E-state index in [9.17, 15) is 0 Å². The number of rotatable bonds is 0. The van der Waals surface area contributed by atoms with Crippen LogP contribution in [0.25, 0.3) is 0 Å². The first kappa shape index (κ1) is 9.09. The third kappa shape index (κ3) is 9.75. The van der Waals surface area contributed by atoms with Gasteiger partial charge < -0.3 is 0 Å². The van der Waals surface area contributed by atoms with Crippen LogP contribution in [0, 0.1) is 18.3 Å². The summed E-state index contributed by atoms with van der Waals surface area (Å²) in [7, 11) is 0. The Kier molecular flexibility index (Phi) is 6.80. The van der Waals surface area contributed by atoms with E-state index in [0.717, 1.165) is 0 Å². The Morgan fingerprint density at radius 2 is 1.67 bits per heavy atom. The normalized spacial score (nSPS) is 6.33. The van der Waals surface area contributed by atoms with Crippen molar-refractivity contribution in [3.8, 4) is 12.3 Å². The van der Waals surface area contributed by atoms with Gasteiger partial charge in [0.1, 0.15) is 0 Å². The monoisotopic (exact) mass is 88.1 g/mol. The molecule has 0 aliphatic heterocycles. The first-order chi connectivity index (χ1) is 2.27. The third-order valence-electron chi connectivity index (χ3n) is 0.333. The van der Waals surface area contributed by atoms with Crippen LogP contribution in [0.3, 0.4) is 0 Å². The first-order valence-electron chi connectivity index (χ1n) is 1.73. The van der Waals surface area contributed by atoms with Crippen molar-refractivity contribution in [2.45, 2.75) is 13.8 Å². The van der Waals surface area contributed by atoms with E-state index in [1.165, 1.54) is 0 Å². The molecule has 0 saturated heterocycles. The maximum atomic E-state index is 4.92. The molecule has 1 heteroatoms. The smallest absolute Gasteiger partial charge is 0.0143 e. The van der Waals surface area contributed by atoms with Crippen LogP contribution in [0.4, 0.5) is 4.70 Å². The van der Waals surface area contributed by atoms with Gasteiger partial charge in [0.15, 0.2) is 0 Å². The minimum absolute atomic E-state index is 0. The Bertz CT molecular complexity index is 49.4. The van der Waals surface area contributed by atoms with Gasteiger partial charge in [0.2, 0.25) is 0 Å². The molecule has 0 aromatic carbocycles. The Morgan fingerprint density at radius 1 is 1.50 bits per heavy atom. The Morgan fingerprint density at radius 3 is 1.67 bits per heavy atom. The Hall–Kier alpha value is -0.510. The van der Waals surface area contributed by atoms with Crippen molar-refractivity contribution in [1.29, 1.82) is 0 Å². The van der Waals surface area contributed by atoms with Gasteiger partial charge in [0, 0.05) is 5.92 Å². The number of terminal acetylenes is 1. The largest absolute Gasteiger partial charge is 0.269 e. The molecule has 0 heterocycles. The van der Waals surface area contributed by atoms with E-state index >= 15 is 0 Å². The van der Waals surface area contributed by atoms with Crippen molar-refractivity contribution in [3.05, 3.63) is 0 Å². The molecule has 0 aromatic heterocycles. The van der Waals surface area contributed by atoms with Gasteiger partial charge in [0.05, 0.1) is 0 Å². The zero-order valence-corrected chi connectivity index (χ0v) is 4.06. The molecule has 0 bridgehead atoms. The van der Waals surface area contributed by atoms with Crippen LogP contribution >= 0.6 is 0 Å². The number of halogens is 1. The first-order valence-corrected chi connectivity index (χ1v) is 1.73. The highest BCUT2D eigenvalue weighted by Gasteiger charge is 1.74. The average Bonchev–Trinajstić information content (AvgIpc) is 1.38. The summed E-state index contributed by atoms with van der Waals surface area (Å²) in [5.74, 6) is 2.94. The molecule has 0 saturated carbocycles. The van der Waals surface area contributed by atoms with Crippen molar-refractivity contribution in [2.75, 3.05) is 0 Å². The molecule has 6 heavy (non-hydrogen) atoms. The average molecular weight is 88.1 g/mol. The Balaban J connectivity index is 0. The molecule has 0 spiro atoms. The molecule has 0 aliphatic carbocycles. The van der Waals surface area contributed by atoms with Crippen molar-refractivity contribution >= 4 is 0 Å². The molecule has 0 rings (SSSR count). The molecule has 0 N–H and O–H groups in total. The molecule has 0 nitrogen and oxygen atoms in total. The minimum Gasteiger partial charge on any atom is -0.269 e. The van der Waals surface area contributed by atoms with Crippen molar-refractivity contribution < 1.29 is 4.70 Å². The molecule has 0 radical (unpaired) electrons. The highest BCUT2D eigenvalue weighted by Crippen LogP contribution is 1.81. The van der Waals surface area contributed by atoms with E-state index in [1.807, 2.05) is 13.8 Å². The molecule has 0 aromatic rings. The minimum atomic E-state index is 0. The summed E-state index contributed by atoms with van der Waals surface area (Å²) in [6.07, 6.45) is 4.92. The van der Waals surface area contributed by atoms with Gasteiger partial charge in [-0.2, -0.15) is 0 Å². The van der Waals surface area contributed by atoms with Crippen LogP contribution in [0.1, 0.15) is 13.8 Å². The molecular weight excluding hydrogens is 79.1 g/mol. The van der Waals surface area contributed by atoms with Crippen molar-refractivity contribution in [2.24, 2.45) is 5.92 Å². The highest BCUT2D eigenvalue weighted by atomic mass is 19.0. The molecule has 0 fully saturated rings. The lowest BCUT2D eigenvalue weighted by molar-refractivity contribution is 0.868. The second-order valence-electron chi connectivity index (χ2n) is 1.32. The van der Waals surface area contributed by atoms with Crippen LogP contribution in [0.5, 0.6) is 0 Å². The number of hydrogen-bond acceptors (Lipinski definition) is 0. The van der Waals surface area contributed by atoms with E-state index in [0.29, 0.717) is 5.92 Å². The fraction of sp³-hybridized carbons (Fsp3) is 0.600. The van der Waals surface area contributed by atoms with Crippen LogP contribution in [-0.4, -0.2) is 0 Å². The summed E-state index contributed by atoms with van der Waals surface area (Å²) < 4.78 is 0. The molecule has 0 atom stereocenters. The maximum absolute atomic E-state index is 4.92. The summed E-state index contributed by atoms with van der Waals surface area (Å²) in [5.41, 5.74) is 0. The number of hydrogen-bond donors (Lipinski definition) is 0. The molecule has 0 amide bonds. The van der Waals surface area contributed by atoms with E-state index < -0.39 is 0 Å². The lowest BCUT2D eigenvalue weighted by atomic mass is 10.2. The van der Waals surface area contributed by atoms with E-state index in [1.54, 1.807) is 0 Å². The fourth-order valence-electron chi connectivity index (χ4n) is 0. The van der Waals surface area contributed by atoms with Gasteiger partial charge in [-0.25, -0.2) is 0 Å². The lowest BCUT2D eigenvalue weighted by Gasteiger charge is -1.80. The molecule has 0 unspecified atom stereocenters. The van der Waals surface area contributed by atoms with Gasteiger partial charge in [-0.05, 0) is 0 Å². The SMILES string of the molecule is C#CC(C)C.F. The summed E-state index contributed by atoms with van der Waals surface area (Å²) in [4.78, 5) is 0. The van der Waals surface area contributed by atoms with Crippen LogP contribution in [-0.2, 0) is 0 Å². The van der Waals surface area contributed by atoms with Crippen LogP contribution < -0.4 is 0 Å². The van der Waals surface area contributed by atoms with Crippen LogP contribution in [0.2, 0.25) is 0 Å². The Labute approximate surface area is 37.9 Å². The standard InChI is InChI=1S/C5H8.FH/c1-4-5(2)3;/h1,5H,2-3H3;1H. The third-order valence-corrected chi connectivity index (χ3v) is 0.333. The molecular formula is C5H9F. The second kappa shape index (κ2) is 4.49. The zero-order valence-electron chi connectivity index (χ0n) is 4.06. The zero-order chi connectivity index (χ0) is 4.28. The van der Waals surface area contributed by atoms with Gasteiger partial charge in [-0.15, -0.1) is 12.3 Å². The summed E-state index contributed by atoms with van der Waals surface area (Å²) >= 11 is 0. The van der Waals surface area contributed by atoms with Gasteiger partial charge in [-0.3, -0.25) is 4.70 Å². The van der Waals surface area contributed by atoms with E-state index in [4.69, 9.17) is 6.42 Å². The summed E-state index contributed by atoms with van der Waals surface area (Å²) in [6, 6.07) is 0. The van der Waals surface area contributed by atoms with Crippen molar-refractivity contribution in [1.82, 2.24) is 0 Å². The summed E-state index contributed by atoms with van der Waals surface area (Å²) in [6.45, 7) is 3.97. The predicted molar refractivity (Wildman–Crippen MR) is 26.2 cm³/mol. The van der Waals surface area contributed by atoms with Crippen LogP contribution in [0.15, 0.2) is 0 Å². The topological polar surface area (TPSA) is 0 Å². The summed E-state index contributed by atoms with van der Waals surface area (Å²) in [5, 5.41) is 0. The van der Waals surface area contributed by atoms with Gasteiger partial charge in [-0.1, -0.05) is 13.8 Å². The fourth-order valence-corrected chi connectivity index (χ4v) is 0. The van der Waals surface area contributed by atoms with E-state index in [-0.39, 0.29) is 4.70 Å². The van der Waals surface area contributed by atoms with E-state index in [2.05, 4.69) is 5.92 Å². The predicted octanol–water partition coefficient (Wildman–Crippen LogP) is 1.43. The van der Waals surface area contributed by atoms with Gasteiger partial charge in [0.25, 0.3) is 0 Å². The van der Waals surface area contributed by atoms with Crippen molar-refractivity contribution in [3.63, 3.8) is 0 Å². The molecule has 0 aliphatic rings.